The molecule has 1 rings (SSSR count). The number of carbonyl (C=O) groups excluding carboxylic acids is 1. The molecule has 23 heavy (non-hydrogen) atoms. The lowest BCUT2D eigenvalue weighted by Gasteiger charge is -2.22. The van der Waals surface area contributed by atoms with Crippen LogP contribution in [0.5, 0.6) is 0 Å². The molecule has 0 atom stereocenters. The van der Waals surface area contributed by atoms with Gasteiger partial charge in [-0.15, -0.1) is 11.8 Å². The molecule has 0 aromatic heterocycles. The molecule has 1 aromatic carbocycles. The SMILES string of the molecule is CS/C(=N\CS(C)(C)C)c1ccc(C(=O)OC(C)(C)C)c(C)c1. The van der Waals surface area contributed by atoms with Gasteiger partial charge >= 0.3 is 5.97 Å². The molecule has 0 saturated carbocycles. The third-order valence-electron chi connectivity index (χ3n) is 2.88. The zero-order valence-corrected chi connectivity index (χ0v) is 17.2. The Hall–Kier alpha value is -0.940. The number of esters is 1. The number of aryl methyl sites for hydroxylation is 1. The number of aliphatic imine (C=N–C) groups is 1. The van der Waals surface area contributed by atoms with Crippen LogP contribution in [0.15, 0.2) is 23.2 Å². The highest BCUT2D eigenvalue weighted by Gasteiger charge is 2.19. The van der Waals surface area contributed by atoms with E-state index in [2.05, 4.69) is 18.8 Å². The Morgan fingerprint density at radius 2 is 1.87 bits per heavy atom. The lowest BCUT2D eigenvalue weighted by molar-refractivity contribution is 0.00688. The summed E-state index contributed by atoms with van der Waals surface area (Å²) >= 11 is 1.64. The van der Waals surface area contributed by atoms with E-state index in [1.807, 2.05) is 52.1 Å². The van der Waals surface area contributed by atoms with Crippen LogP contribution in [0.25, 0.3) is 0 Å². The topological polar surface area (TPSA) is 38.7 Å². The van der Waals surface area contributed by atoms with Crippen molar-refractivity contribution in [2.24, 2.45) is 4.99 Å². The number of ether oxygens (including phenoxy) is 1. The van der Waals surface area contributed by atoms with Gasteiger partial charge in [0.05, 0.1) is 16.5 Å². The van der Waals surface area contributed by atoms with Gasteiger partial charge in [-0.3, -0.25) is 4.99 Å². The van der Waals surface area contributed by atoms with E-state index in [1.54, 1.807) is 11.8 Å². The van der Waals surface area contributed by atoms with E-state index in [-0.39, 0.29) is 5.97 Å². The van der Waals surface area contributed by atoms with Gasteiger partial charge in [-0.2, -0.15) is 0 Å². The van der Waals surface area contributed by atoms with Crippen molar-refractivity contribution in [3.8, 4) is 0 Å². The summed E-state index contributed by atoms with van der Waals surface area (Å²) in [7, 11) is -0.664. The fourth-order valence-corrected chi connectivity index (χ4v) is 3.04. The van der Waals surface area contributed by atoms with Crippen LogP contribution in [-0.2, 0) is 4.74 Å². The highest BCUT2D eigenvalue weighted by Crippen LogP contribution is 2.34. The van der Waals surface area contributed by atoms with E-state index in [4.69, 9.17) is 9.73 Å². The zero-order chi connectivity index (χ0) is 17.8. The first-order chi connectivity index (χ1) is 10.4. The molecule has 0 aliphatic rings. The maximum atomic E-state index is 12.2. The lowest BCUT2D eigenvalue weighted by atomic mass is 10.1. The first kappa shape index (κ1) is 20.1. The van der Waals surface area contributed by atoms with Crippen LogP contribution < -0.4 is 0 Å². The Labute approximate surface area is 146 Å². The number of hydrogen-bond donors (Lipinski definition) is 0. The minimum absolute atomic E-state index is 0.275. The monoisotopic (exact) mass is 355 g/mol. The number of rotatable bonds is 4. The summed E-state index contributed by atoms with van der Waals surface area (Å²) in [5.41, 5.74) is 2.11. The highest BCUT2D eigenvalue weighted by molar-refractivity contribution is 8.32. The average molecular weight is 356 g/mol. The molecule has 0 aliphatic heterocycles. The van der Waals surface area contributed by atoms with Crippen molar-refractivity contribution < 1.29 is 9.53 Å². The van der Waals surface area contributed by atoms with Gasteiger partial charge < -0.3 is 4.74 Å². The number of hydrogen-bond acceptors (Lipinski definition) is 4. The van der Waals surface area contributed by atoms with Gasteiger partial charge in [0.25, 0.3) is 0 Å². The lowest BCUT2D eigenvalue weighted by Crippen LogP contribution is -2.24. The van der Waals surface area contributed by atoms with E-state index < -0.39 is 15.6 Å². The summed E-state index contributed by atoms with van der Waals surface area (Å²) in [6.07, 6.45) is 8.80. The maximum absolute atomic E-state index is 12.2. The number of benzene rings is 1. The Morgan fingerprint density at radius 3 is 2.30 bits per heavy atom. The molecule has 1 aromatic rings. The molecule has 0 bridgehead atoms. The van der Waals surface area contributed by atoms with Crippen molar-refractivity contribution in [2.75, 3.05) is 30.9 Å². The van der Waals surface area contributed by atoms with E-state index in [9.17, 15) is 4.79 Å². The second-order valence-corrected chi connectivity index (χ2v) is 12.7. The standard InChI is InChI=1S/C18H29NO2S2/c1-13-11-14(16(22-5)19-12-23(6,7)8)9-10-15(13)17(20)21-18(2,3)4/h9-11H,12H2,1-8H3/b19-16-. The van der Waals surface area contributed by atoms with Gasteiger partial charge in [-0.1, -0.05) is 6.07 Å². The first-order valence-corrected chi connectivity index (χ1v) is 11.8. The quantitative estimate of drug-likeness (QED) is 0.446. The molecule has 5 heteroatoms. The smallest absolute Gasteiger partial charge is 0.338 e. The minimum atomic E-state index is -0.664. The van der Waals surface area contributed by atoms with Crippen LogP contribution >= 0.6 is 21.8 Å². The Kier molecular flexibility index (Phi) is 6.78. The number of nitrogens with zero attached hydrogens (tertiary/aromatic N) is 1. The minimum Gasteiger partial charge on any atom is -0.456 e. The molecule has 0 N–H and O–H groups in total. The largest absolute Gasteiger partial charge is 0.456 e. The second-order valence-electron chi connectivity index (χ2n) is 7.42. The third kappa shape index (κ3) is 7.00. The molecule has 0 saturated heterocycles. The number of carbonyl (C=O) groups is 1. The van der Waals surface area contributed by atoms with E-state index in [1.165, 1.54) is 0 Å². The Balaban J connectivity index is 3.05. The van der Waals surface area contributed by atoms with E-state index in [0.717, 1.165) is 22.0 Å². The summed E-state index contributed by atoms with van der Waals surface area (Å²) in [6, 6.07) is 5.82. The summed E-state index contributed by atoms with van der Waals surface area (Å²) in [6.45, 7) is 7.57. The molecule has 0 aliphatic carbocycles. The van der Waals surface area contributed by atoms with Gasteiger partial charge in [0.1, 0.15) is 5.60 Å². The fraction of sp³-hybridized carbons (Fsp3) is 0.556. The zero-order valence-electron chi connectivity index (χ0n) is 15.5. The Morgan fingerprint density at radius 1 is 1.26 bits per heavy atom. The fourth-order valence-electron chi connectivity index (χ4n) is 1.88. The summed E-state index contributed by atoms with van der Waals surface area (Å²) in [5.74, 6) is 0.582. The van der Waals surface area contributed by atoms with Crippen LogP contribution in [0.3, 0.4) is 0 Å². The maximum Gasteiger partial charge on any atom is 0.338 e. The van der Waals surface area contributed by atoms with Crippen LogP contribution in [0.1, 0.15) is 42.3 Å². The Bertz CT molecular complexity index is 596. The highest BCUT2D eigenvalue weighted by atomic mass is 32.3. The van der Waals surface area contributed by atoms with Crippen molar-refractivity contribution in [3.05, 3.63) is 34.9 Å². The van der Waals surface area contributed by atoms with Gasteiger partial charge in [0.15, 0.2) is 0 Å². The van der Waals surface area contributed by atoms with Crippen LogP contribution in [0.2, 0.25) is 0 Å². The molecular formula is C18H29NO2S2. The van der Waals surface area contributed by atoms with Crippen molar-refractivity contribution >= 4 is 32.8 Å². The van der Waals surface area contributed by atoms with E-state index in [0.29, 0.717) is 5.56 Å². The van der Waals surface area contributed by atoms with Crippen LogP contribution in [-0.4, -0.2) is 47.5 Å². The predicted octanol–water partition coefficient (Wildman–Crippen LogP) is 4.71. The third-order valence-corrected chi connectivity index (χ3v) is 4.54. The van der Waals surface area contributed by atoms with Crippen molar-refractivity contribution in [1.82, 2.24) is 0 Å². The second kappa shape index (κ2) is 7.75. The number of thioether (sulfide) groups is 1. The van der Waals surface area contributed by atoms with Crippen molar-refractivity contribution in [3.63, 3.8) is 0 Å². The normalized spacial score (nSPS) is 13.8. The molecule has 130 valence electrons. The molecule has 0 unspecified atom stereocenters. The van der Waals surface area contributed by atoms with Crippen molar-refractivity contribution in [2.45, 2.75) is 33.3 Å². The molecular weight excluding hydrogens is 326 g/mol. The molecule has 0 heterocycles. The average Bonchev–Trinajstić information content (AvgIpc) is 2.36. The van der Waals surface area contributed by atoms with Crippen LogP contribution in [0.4, 0.5) is 0 Å². The summed E-state index contributed by atoms with van der Waals surface area (Å²) < 4.78 is 5.45. The van der Waals surface area contributed by atoms with Gasteiger partial charge in [0.2, 0.25) is 0 Å². The van der Waals surface area contributed by atoms with Gasteiger partial charge in [-0.25, -0.2) is 14.8 Å². The molecule has 0 radical (unpaired) electrons. The summed E-state index contributed by atoms with van der Waals surface area (Å²) in [4.78, 5) is 17.0. The molecule has 0 amide bonds. The predicted molar refractivity (Wildman–Crippen MR) is 107 cm³/mol. The molecule has 3 nitrogen and oxygen atoms in total. The van der Waals surface area contributed by atoms with Gasteiger partial charge in [-0.05, 0) is 70.4 Å². The van der Waals surface area contributed by atoms with Gasteiger partial charge in [0, 0.05) is 5.56 Å². The van der Waals surface area contributed by atoms with Crippen molar-refractivity contribution in [1.29, 1.82) is 0 Å². The first-order valence-electron chi connectivity index (χ1n) is 7.52. The van der Waals surface area contributed by atoms with Crippen LogP contribution in [0, 0.1) is 6.92 Å². The summed E-state index contributed by atoms with van der Waals surface area (Å²) in [5, 5.41) is 1.02. The molecule has 0 fully saturated rings. The van der Waals surface area contributed by atoms with E-state index >= 15 is 0 Å². The molecule has 0 spiro atoms.